The number of anilines is 1. The van der Waals surface area contributed by atoms with E-state index in [-0.39, 0.29) is 0 Å². The summed E-state index contributed by atoms with van der Waals surface area (Å²) in [6.07, 6.45) is 0.619. The van der Waals surface area contributed by atoms with Gasteiger partial charge in [-0.15, -0.1) is 11.3 Å². The molecule has 0 aromatic carbocycles. The number of nitrogen functional groups attached to an aromatic ring is 1. The number of rotatable bonds is 7. The first-order chi connectivity index (χ1) is 8.79. The van der Waals surface area contributed by atoms with Gasteiger partial charge in [0.05, 0.1) is 29.7 Å². The lowest BCUT2D eigenvalue weighted by Gasteiger charge is -1.99. The average Bonchev–Trinajstić information content (AvgIpc) is 2.97. The van der Waals surface area contributed by atoms with Gasteiger partial charge in [0, 0.05) is 13.5 Å². The van der Waals surface area contributed by atoms with Crippen LogP contribution >= 0.6 is 11.3 Å². The first-order valence-corrected chi connectivity index (χ1v) is 6.36. The van der Waals surface area contributed by atoms with Crippen LogP contribution < -0.4 is 5.73 Å². The summed E-state index contributed by atoms with van der Waals surface area (Å²) in [5, 5.41) is 4.62. The second kappa shape index (κ2) is 6.48. The Labute approximate surface area is 109 Å². The Morgan fingerprint density at radius 3 is 2.94 bits per heavy atom. The molecular formula is C11H15N3O3S. The van der Waals surface area contributed by atoms with Crippen molar-refractivity contribution in [3.63, 3.8) is 0 Å². The molecule has 0 saturated carbocycles. The lowest BCUT2D eigenvalue weighted by atomic mass is 10.4. The molecule has 0 aliphatic rings. The molecule has 2 N–H and O–H groups in total. The molecule has 7 heteroatoms. The predicted molar refractivity (Wildman–Crippen MR) is 68.4 cm³/mol. The van der Waals surface area contributed by atoms with Crippen molar-refractivity contribution in [2.24, 2.45) is 0 Å². The maximum atomic E-state index is 5.65. The molecular weight excluding hydrogens is 254 g/mol. The van der Waals surface area contributed by atoms with Gasteiger partial charge >= 0.3 is 0 Å². The first kappa shape index (κ1) is 13.0. The van der Waals surface area contributed by atoms with Crippen molar-refractivity contribution in [3.05, 3.63) is 18.0 Å². The zero-order chi connectivity index (χ0) is 12.8. The van der Waals surface area contributed by atoms with E-state index >= 15 is 0 Å². The van der Waals surface area contributed by atoms with E-state index in [1.165, 1.54) is 11.3 Å². The number of methoxy groups -OCH3 is 1. The van der Waals surface area contributed by atoms with E-state index < -0.39 is 0 Å². The fraction of sp³-hybridized carbons (Fsp3) is 0.455. The van der Waals surface area contributed by atoms with E-state index in [0.717, 1.165) is 9.88 Å². The third-order valence-corrected chi connectivity index (χ3v) is 3.11. The number of hydrogen-bond donors (Lipinski definition) is 1. The minimum atomic E-state index is 0.503. The first-order valence-electron chi connectivity index (χ1n) is 5.54. The molecule has 2 aromatic heterocycles. The monoisotopic (exact) mass is 269 g/mol. The lowest BCUT2D eigenvalue weighted by Crippen LogP contribution is -2.05. The van der Waals surface area contributed by atoms with Crippen LogP contribution in [0.4, 0.5) is 5.00 Å². The molecule has 0 radical (unpaired) electrons. The molecule has 0 atom stereocenters. The number of aromatic nitrogens is 2. The summed E-state index contributed by atoms with van der Waals surface area (Å²) in [6.45, 7) is 1.71. The van der Waals surface area contributed by atoms with Gasteiger partial charge in [0.15, 0.2) is 5.82 Å². The van der Waals surface area contributed by atoms with E-state index in [4.69, 9.17) is 19.7 Å². The van der Waals surface area contributed by atoms with Crippen LogP contribution in [0.15, 0.2) is 16.7 Å². The number of nitrogens with two attached hydrogens (primary N) is 1. The Bertz CT molecular complexity index is 483. The van der Waals surface area contributed by atoms with Crippen molar-refractivity contribution in [3.8, 4) is 10.8 Å². The molecule has 0 unspecified atom stereocenters. The van der Waals surface area contributed by atoms with Gasteiger partial charge in [0.1, 0.15) is 0 Å². The Morgan fingerprint density at radius 2 is 2.22 bits per heavy atom. The molecule has 0 aliphatic carbocycles. The highest BCUT2D eigenvalue weighted by Crippen LogP contribution is 2.27. The molecule has 98 valence electrons. The van der Waals surface area contributed by atoms with Gasteiger partial charge in [-0.25, -0.2) is 0 Å². The van der Waals surface area contributed by atoms with Crippen LogP contribution in [0, 0.1) is 0 Å². The fourth-order valence-electron chi connectivity index (χ4n) is 1.33. The molecule has 6 nitrogen and oxygen atoms in total. The van der Waals surface area contributed by atoms with Gasteiger partial charge < -0.3 is 19.7 Å². The number of nitrogens with zero attached hydrogens (tertiary/aromatic N) is 2. The van der Waals surface area contributed by atoms with Gasteiger partial charge in [0.25, 0.3) is 5.89 Å². The third kappa shape index (κ3) is 3.52. The van der Waals surface area contributed by atoms with E-state index in [1.54, 1.807) is 7.11 Å². The minimum absolute atomic E-state index is 0.503. The van der Waals surface area contributed by atoms with E-state index in [0.29, 0.717) is 38.0 Å². The van der Waals surface area contributed by atoms with Crippen molar-refractivity contribution in [1.29, 1.82) is 0 Å². The smallest absolute Gasteiger partial charge is 0.268 e. The minimum Gasteiger partial charge on any atom is -0.391 e. The van der Waals surface area contributed by atoms with Crippen LogP contribution in [0.3, 0.4) is 0 Å². The van der Waals surface area contributed by atoms with Gasteiger partial charge in [0.2, 0.25) is 0 Å². The molecule has 0 bridgehead atoms. The molecule has 2 heterocycles. The predicted octanol–water partition coefficient (Wildman–Crippen LogP) is 1.59. The molecule has 0 saturated heterocycles. The van der Waals surface area contributed by atoms with Crippen LogP contribution in [-0.2, 0) is 15.9 Å². The van der Waals surface area contributed by atoms with Gasteiger partial charge in [-0.2, -0.15) is 4.98 Å². The molecule has 18 heavy (non-hydrogen) atoms. The zero-order valence-corrected chi connectivity index (χ0v) is 10.9. The van der Waals surface area contributed by atoms with Gasteiger partial charge in [-0.05, 0) is 12.1 Å². The molecule has 0 aliphatic heterocycles. The highest BCUT2D eigenvalue weighted by Gasteiger charge is 2.10. The second-order valence-corrected chi connectivity index (χ2v) is 4.69. The standard InChI is InChI=1S/C11H15N3O3S/c1-15-6-7-16-5-4-10-13-11(17-14-10)8-2-3-9(12)18-8/h2-3H,4-7,12H2,1H3. The van der Waals surface area contributed by atoms with Gasteiger partial charge in [-0.1, -0.05) is 5.16 Å². The van der Waals surface area contributed by atoms with Crippen molar-refractivity contribution in [2.45, 2.75) is 6.42 Å². The van der Waals surface area contributed by atoms with E-state index in [1.807, 2.05) is 12.1 Å². The van der Waals surface area contributed by atoms with Crippen LogP contribution in [-0.4, -0.2) is 37.1 Å². The summed E-state index contributed by atoms with van der Waals surface area (Å²) < 4.78 is 15.4. The summed E-state index contributed by atoms with van der Waals surface area (Å²) in [4.78, 5) is 5.16. The maximum Gasteiger partial charge on any atom is 0.268 e. The molecule has 2 aromatic rings. The van der Waals surface area contributed by atoms with Crippen LogP contribution in [0.25, 0.3) is 10.8 Å². The average molecular weight is 269 g/mol. The normalized spacial score (nSPS) is 10.9. The number of hydrogen-bond acceptors (Lipinski definition) is 7. The Balaban J connectivity index is 1.83. The summed E-state index contributed by atoms with van der Waals surface area (Å²) in [5.41, 5.74) is 5.65. The number of thiophene rings is 1. The summed E-state index contributed by atoms with van der Waals surface area (Å²) in [5.74, 6) is 1.14. The quantitative estimate of drug-likeness (QED) is 0.768. The van der Waals surface area contributed by atoms with Crippen molar-refractivity contribution < 1.29 is 14.0 Å². The van der Waals surface area contributed by atoms with Gasteiger partial charge in [-0.3, -0.25) is 0 Å². The van der Waals surface area contributed by atoms with E-state index in [2.05, 4.69) is 10.1 Å². The molecule has 0 amide bonds. The molecule has 2 rings (SSSR count). The summed E-state index contributed by atoms with van der Waals surface area (Å²) in [7, 11) is 1.64. The fourth-order valence-corrected chi connectivity index (χ4v) is 2.03. The van der Waals surface area contributed by atoms with Crippen molar-refractivity contribution in [2.75, 3.05) is 32.7 Å². The SMILES string of the molecule is COCCOCCc1noc(-c2ccc(N)s2)n1. The Hall–Kier alpha value is -1.44. The highest BCUT2D eigenvalue weighted by atomic mass is 32.1. The van der Waals surface area contributed by atoms with Crippen molar-refractivity contribution in [1.82, 2.24) is 10.1 Å². The molecule has 0 fully saturated rings. The third-order valence-electron chi connectivity index (χ3n) is 2.21. The zero-order valence-electron chi connectivity index (χ0n) is 10.1. The number of ether oxygens (including phenoxy) is 2. The maximum absolute atomic E-state index is 5.65. The molecule has 0 spiro atoms. The highest BCUT2D eigenvalue weighted by molar-refractivity contribution is 7.19. The largest absolute Gasteiger partial charge is 0.391 e. The lowest BCUT2D eigenvalue weighted by molar-refractivity contribution is 0.0714. The van der Waals surface area contributed by atoms with Crippen LogP contribution in [0.5, 0.6) is 0 Å². The Kier molecular flexibility index (Phi) is 4.68. The van der Waals surface area contributed by atoms with Crippen LogP contribution in [0.2, 0.25) is 0 Å². The van der Waals surface area contributed by atoms with E-state index in [9.17, 15) is 0 Å². The second-order valence-electron chi connectivity index (χ2n) is 3.57. The van der Waals surface area contributed by atoms with Crippen LogP contribution in [0.1, 0.15) is 5.82 Å². The van der Waals surface area contributed by atoms with Crippen molar-refractivity contribution >= 4 is 16.3 Å². The summed E-state index contributed by atoms with van der Waals surface area (Å²) in [6, 6.07) is 3.68. The summed E-state index contributed by atoms with van der Waals surface area (Å²) >= 11 is 1.42. The Morgan fingerprint density at radius 1 is 1.33 bits per heavy atom. The topological polar surface area (TPSA) is 83.4 Å².